The predicted molar refractivity (Wildman–Crippen MR) is 51.0 cm³/mol. The smallest absolute Gasteiger partial charge is 0.222 e. The first-order valence-corrected chi connectivity index (χ1v) is 4.48. The molecule has 0 aromatic heterocycles. The average molecular weight is 218 g/mol. The topological polar surface area (TPSA) is 90.2 Å². The molecule has 1 aromatic rings. The number of aliphatic hydroxyl groups is 2. The maximum absolute atomic E-state index is 9.32. The molecule has 4 N–H and O–H groups in total. The fourth-order valence-electron chi connectivity index (χ4n) is 0.958. The first kappa shape index (κ1) is 11.1. The minimum atomic E-state index is -1.03. The van der Waals surface area contributed by atoms with Crippen molar-refractivity contribution >= 4 is 12.3 Å². The Kier molecular flexibility index (Phi) is 4.02. The van der Waals surface area contributed by atoms with Crippen LogP contribution in [0.15, 0.2) is 18.2 Å². The summed E-state index contributed by atoms with van der Waals surface area (Å²) in [5.41, 5.74) is 0.375. The van der Waals surface area contributed by atoms with Crippen molar-refractivity contribution in [3.05, 3.63) is 23.8 Å². The zero-order valence-electron chi connectivity index (χ0n) is 7.12. The number of phenolic OH excluding ortho intramolecular Hbond substituents is 1. The molecule has 6 heteroatoms. The number of benzene rings is 1. The van der Waals surface area contributed by atoms with Crippen molar-refractivity contribution in [3.63, 3.8) is 0 Å². The first-order valence-electron chi connectivity index (χ1n) is 3.79. The molecule has 0 fully saturated rings. The summed E-state index contributed by atoms with van der Waals surface area (Å²) in [5, 5.41) is 27.2. The van der Waals surface area contributed by atoms with Crippen LogP contribution in [0.3, 0.4) is 0 Å². The molecule has 5 nitrogen and oxygen atoms in total. The van der Waals surface area contributed by atoms with Gasteiger partial charge in [-0.3, -0.25) is 4.55 Å². The van der Waals surface area contributed by atoms with Crippen LogP contribution >= 0.6 is 12.3 Å². The van der Waals surface area contributed by atoms with E-state index in [4.69, 9.17) is 9.66 Å². The van der Waals surface area contributed by atoms with Crippen molar-refractivity contribution in [2.45, 2.75) is 6.10 Å². The lowest BCUT2D eigenvalue weighted by atomic mass is 10.1. The zero-order valence-corrected chi connectivity index (χ0v) is 7.94. The summed E-state index contributed by atoms with van der Waals surface area (Å²) in [5.74, 6) is -0.122. The molecule has 0 spiro atoms. The third kappa shape index (κ3) is 2.52. The first-order chi connectivity index (χ1) is 6.69. The second-order valence-corrected chi connectivity index (χ2v) is 2.90. The van der Waals surface area contributed by atoms with Crippen LogP contribution in [0.2, 0.25) is 0 Å². The molecular weight excluding hydrogens is 208 g/mol. The molecule has 0 amide bonds. The maximum Gasteiger partial charge on any atom is 0.222 e. The fourth-order valence-corrected chi connectivity index (χ4v) is 1.18. The van der Waals surface area contributed by atoms with E-state index >= 15 is 0 Å². The highest BCUT2D eigenvalue weighted by atomic mass is 32.2. The number of aliphatic hydroxyl groups excluding tert-OH is 2. The maximum atomic E-state index is 9.32. The van der Waals surface area contributed by atoms with Gasteiger partial charge < -0.3 is 19.5 Å². The van der Waals surface area contributed by atoms with Crippen molar-refractivity contribution in [1.82, 2.24) is 0 Å². The quantitative estimate of drug-likeness (QED) is 0.562. The lowest BCUT2D eigenvalue weighted by molar-refractivity contribution is 0.0954. The number of hydrogen-bond donors (Lipinski definition) is 4. The largest absolute Gasteiger partial charge is 0.504 e. The highest BCUT2D eigenvalue weighted by Gasteiger charge is 2.10. The van der Waals surface area contributed by atoms with E-state index in [1.807, 2.05) is 0 Å². The Morgan fingerprint density at radius 3 is 2.64 bits per heavy atom. The molecule has 0 radical (unpaired) electrons. The van der Waals surface area contributed by atoms with E-state index in [1.54, 1.807) is 0 Å². The summed E-state index contributed by atoms with van der Waals surface area (Å²) in [4.78, 5) is 0. The van der Waals surface area contributed by atoms with E-state index < -0.39 is 12.7 Å². The summed E-state index contributed by atoms with van der Waals surface area (Å²) >= 11 is 0.117. The van der Waals surface area contributed by atoms with Gasteiger partial charge in [-0.25, -0.2) is 0 Å². The lowest BCUT2D eigenvalue weighted by Crippen LogP contribution is -2.01. The number of hydrogen-bond acceptors (Lipinski definition) is 6. The average Bonchev–Trinajstić information content (AvgIpc) is 2.20. The van der Waals surface area contributed by atoms with Gasteiger partial charge in [0.2, 0.25) is 12.3 Å². The van der Waals surface area contributed by atoms with Crippen molar-refractivity contribution in [3.8, 4) is 11.5 Å². The van der Waals surface area contributed by atoms with Crippen LogP contribution in [0.25, 0.3) is 0 Å². The molecule has 1 unspecified atom stereocenters. The monoisotopic (exact) mass is 218 g/mol. The minimum Gasteiger partial charge on any atom is -0.504 e. The second-order valence-electron chi connectivity index (χ2n) is 2.58. The molecule has 0 aliphatic rings. The van der Waals surface area contributed by atoms with Crippen molar-refractivity contribution in [1.29, 1.82) is 0 Å². The summed E-state index contributed by atoms with van der Waals surface area (Å²) in [6.45, 7) is -0.422. The van der Waals surface area contributed by atoms with E-state index in [9.17, 15) is 10.2 Å². The molecule has 0 aliphatic heterocycles. The Balaban J connectivity index is 2.88. The van der Waals surface area contributed by atoms with Crippen LogP contribution in [0.5, 0.6) is 11.5 Å². The molecule has 14 heavy (non-hydrogen) atoms. The molecule has 0 saturated heterocycles. The van der Waals surface area contributed by atoms with Crippen LogP contribution in [0, 0.1) is 0 Å². The Morgan fingerprint density at radius 2 is 2.14 bits per heavy atom. The highest BCUT2D eigenvalue weighted by Crippen LogP contribution is 2.30. The van der Waals surface area contributed by atoms with Crippen LogP contribution in [0.4, 0.5) is 0 Å². The normalized spacial score (nSPS) is 12.5. The van der Waals surface area contributed by atoms with E-state index in [0.717, 1.165) is 0 Å². The third-order valence-corrected chi connectivity index (χ3v) is 1.92. The summed E-state index contributed by atoms with van der Waals surface area (Å²) < 4.78 is 12.9. The van der Waals surface area contributed by atoms with E-state index in [0.29, 0.717) is 5.56 Å². The third-order valence-electron chi connectivity index (χ3n) is 1.67. The van der Waals surface area contributed by atoms with Crippen molar-refractivity contribution in [2.75, 3.05) is 6.61 Å². The summed E-state index contributed by atoms with van der Waals surface area (Å²) in [6.07, 6.45) is -1.03. The van der Waals surface area contributed by atoms with E-state index in [1.165, 1.54) is 18.2 Å². The zero-order chi connectivity index (χ0) is 10.6. The molecular formula is C8H10O5S. The molecule has 0 heterocycles. The van der Waals surface area contributed by atoms with Gasteiger partial charge >= 0.3 is 0 Å². The summed E-state index contributed by atoms with van der Waals surface area (Å²) in [7, 11) is 0. The Hall–Kier alpha value is -0.950. The number of rotatable bonds is 4. The van der Waals surface area contributed by atoms with Crippen LogP contribution in [-0.2, 0) is 0 Å². The molecule has 1 rings (SSSR count). The molecule has 1 atom stereocenters. The Bertz CT molecular complexity index is 304. The van der Waals surface area contributed by atoms with Gasteiger partial charge in [-0.15, -0.1) is 0 Å². The van der Waals surface area contributed by atoms with Crippen molar-refractivity contribution < 1.29 is 24.1 Å². The standard InChI is InChI=1S/C8H10O5S/c9-4-7(11)5-1-2-8(13-14-12)6(10)3-5/h1-3,7,9-12H,4H2. The Morgan fingerprint density at radius 1 is 1.43 bits per heavy atom. The fraction of sp³-hybridized carbons (Fsp3) is 0.250. The molecule has 0 aliphatic carbocycles. The van der Waals surface area contributed by atoms with Gasteiger partial charge in [0.25, 0.3) is 0 Å². The van der Waals surface area contributed by atoms with Gasteiger partial charge in [-0.1, -0.05) is 6.07 Å². The number of phenols is 1. The molecule has 78 valence electrons. The predicted octanol–water partition coefficient (Wildman–Crippen LogP) is 0.918. The second kappa shape index (κ2) is 5.06. The molecule has 1 aromatic carbocycles. The van der Waals surface area contributed by atoms with Gasteiger partial charge in [0, 0.05) is 0 Å². The van der Waals surface area contributed by atoms with Gasteiger partial charge in [0.1, 0.15) is 6.10 Å². The van der Waals surface area contributed by atoms with E-state index in [2.05, 4.69) is 4.18 Å². The molecule has 0 saturated carbocycles. The van der Waals surface area contributed by atoms with Gasteiger partial charge in [0.15, 0.2) is 11.5 Å². The van der Waals surface area contributed by atoms with Crippen LogP contribution < -0.4 is 4.18 Å². The van der Waals surface area contributed by atoms with E-state index in [-0.39, 0.29) is 23.8 Å². The van der Waals surface area contributed by atoms with Gasteiger partial charge in [-0.05, 0) is 17.7 Å². The SMILES string of the molecule is OCC(O)c1ccc(OSO)c(O)c1. The molecule has 0 bridgehead atoms. The van der Waals surface area contributed by atoms with Crippen molar-refractivity contribution in [2.24, 2.45) is 0 Å². The Labute approximate surface area is 85.0 Å². The van der Waals surface area contributed by atoms with Crippen LogP contribution in [-0.4, -0.2) is 26.5 Å². The van der Waals surface area contributed by atoms with Crippen LogP contribution in [0.1, 0.15) is 11.7 Å². The van der Waals surface area contributed by atoms with Gasteiger partial charge in [0.05, 0.1) is 6.61 Å². The lowest BCUT2D eigenvalue weighted by Gasteiger charge is -2.09. The highest BCUT2D eigenvalue weighted by molar-refractivity contribution is 7.89. The number of aromatic hydroxyl groups is 1. The summed E-state index contributed by atoms with van der Waals surface area (Å²) in [6, 6.07) is 4.12. The minimum absolute atomic E-state index is 0.0892. The van der Waals surface area contributed by atoms with Gasteiger partial charge in [-0.2, -0.15) is 0 Å².